The van der Waals surface area contributed by atoms with Gasteiger partial charge in [0, 0.05) is 12.1 Å². The number of aliphatic carboxylic acids is 1. The summed E-state index contributed by atoms with van der Waals surface area (Å²) in [5.74, 6) is -2.46. The first-order chi connectivity index (χ1) is 7.00. The molecule has 5 nitrogen and oxygen atoms in total. The van der Waals surface area contributed by atoms with E-state index in [9.17, 15) is 14.7 Å². The number of carboxylic acid groups (broad SMARTS) is 1. The summed E-state index contributed by atoms with van der Waals surface area (Å²) >= 11 is 0. The van der Waals surface area contributed by atoms with Crippen molar-refractivity contribution in [3.8, 4) is 11.5 Å². The molecule has 0 aliphatic heterocycles. The van der Waals surface area contributed by atoms with E-state index in [1.165, 1.54) is 12.1 Å². The van der Waals surface area contributed by atoms with Crippen LogP contribution in [0.3, 0.4) is 0 Å². The molecule has 78 valence electrons. The van der Waals surface area contributed by atoms with Crippen LogP contribution in [-0.2, 0) is 4.79 Å². The summed E-state index contributed by atoms with van der Waals surface area (Å²) in [5.41, 5.74) is -0.0645. The van der Waals surface area contributed by atoms with Gasteiger partial charge in [-0.15, -0.1) is 0 Å². The summed E-state index contributed by atoms with van der Waals surface area (Å²) in [6, 6.07) is 3.43. The summed E-state index contributed by atoms with van der Waals surface area (Å²) in [5, 5.41) is 26.5. The van der Waals surface area contributed by atoms with Crippen LogP contribution in [0.5, 0.6) is 11.5 Å². The fourth-order valence-corrected chi connectivity index (χ4v) is 0.965. The Balaban J connectivity index is 2.97. The number of phenols is 2. The number of ketones is 1. The molecular weight excluding hydrogens is 200 g/mol. The van der Waals surface area contributed by atoms with Crippen LogP contribution in [0.4, 0.5) is 0 Å². The van der Waals surface area contributed by atoms with Crippen LogP contribution in [0.25, 0.3) is 0 Å². The standard InChI is InChI=1S/C10H8O5/c11-6-1-2-7(9(13)5-6)8(12)3-4-10(14)15/h1-5,11,13H,(H,14,15)/b4-3+. The van der Waals surface area contributed by atoms with E-state index in [0.717, 1.165) is 12.1 Å². The average Bonchev–Trinajstić information content (AvgIpc) is 2.14. The second-order valence-corrected chi connectivity index (χ2v) is 2.74. The number of carbonyl (C=O) groups is 2. The molecule has 0 aliphatic rings. The first-order valence-corrected chi connectivity index (χ1v) is 3.98. The maximum absolute atomic E-state index is 11.3. The Morgan fingerprint density at radius 3 is 2.33 bits per heavy atom. The molecule has 0 radical (unpaired) electrons. The third-order valence-corrected chi connectivity index (χ3v) is 1.62. The van der Waals surface area contributed by atoms with Gasteiger partial charge >= 0.3 is 5.97 Å². The first-order valence-electron chi connectivity index (χ1n) is 3.98. The normalized spacial score (nSPS) is 10.4. The fourth-order valence-electron chi connectivity index (χ4n) is 0.965. The van der Waals surface area contributed by atoms with Crippen molar-refractivity contribution in [2.45, 2.75) is 0 Å². The molecule has 0 fully saturated rings. The van der Waals surface area contributed by atoms with E-state index in [2.05, 4.69) is 0 Å². The number of carboxylic acids is 1. The molecule has 0 amide bonds. The van der Waals surface area contributed by atoms with Crippen LogP contribution >= 0.6 is 0 Å². The Labute approximate surface area is 84.9 Å². The van der Waals surface area contributed by atoms with Gasteiger partial charge in [0.05, 0.1) is 5.56 Å². The SMILES string of the molecule is O=C(O)/C=C/C(=O)c1ccc(O)cc1O. The Morgan fingerprint density at radius 1 is 1.13 bits per heavy atom. The zero-order valence-electron chi connectivity index (χ0n) is 7.54. The predicted molar refractivity (Wildman–Crippen MR) is 50.9 cm³/mol. The van der Waals surface area contributed by atoms with Crippen molar-refractivity contribution < 1.29 is 24.9 Å². The van der Waals surface area contributed by atoms with Crippen molar-refractivity contribution in [3.05, 3.63) is 35.9 Å². The number of hydrogen-bond acceptors (Lipinski definition) is 4. The summed E-state index contributed by atoms with van der Waals surface area (Å²) in [6.45, 7) is 0. The molecule has 0 unspecified atom stereocenters. The van der Waals surface area contributed by atoms with E-state index in [1.54, 1.807) is 0 Å². The minimum atomic E-state index is -1.25. The number of carbonyl (C=O) groups excluding carboxylic acids is 1. The minimum Gasteiger partial charge on any atom is -0.508 e. The molecule has 0 bridgehead atoms. The molecule has 0 saturated heterocycles. The van der Waals surface area contributed by atoms with Crippen LogP contribution in [-0.4, -0.2) is 27.1 Å². The van der Waals surface area contributed by atoms with Crippen LogP contribution in [0, 0.1) is 0 Å². The van der Waals surface area contributed by atoms with Crippen LogP contribution in [0.1, 0.15) is 10.4 Å². The van der Waals surface area contributed by atoms with Gasteiger partial charge in [-0.1, -0.05) is 0 Å². The molecule has 3 N–H and O–H groups in total. The third kappa shape index (κ3) is 2.84. The smallest absolute Gasteiger partial charge is 0.328 e. The molecule has 0 spiro atoms. The van der Waals surface area contributed by atoms with Crippen LogP contribution in [0.15, 0.2) is 30.4 Å². The number of hydrogen-bond donors (Lipinski definition) is 3. The molecule has 0 atom stereocenters. The van der Waals surface area contributed by atoms with Crippen molar-refractivity contribution in [3.63, 3.8) is 0 Å². The Kier molecular flexibility index (Phi) is 3.07. The number of allylic oxidation sites excluding steroid dienone is 1. The van der Waals surface area contributed by atoms with Gasteiger partial charge in [0.15, 0.2) is 5.78 Å². The van der Waals surface area contributed by atoms with E-state index in [4.69, 9.17) is 10.2 Å². The molecule has 5 heteroatoms. The van der Waals surface area contributed by atoms with Crippen LogP contribution < -0.4 is 0 Å². The number of rotatable bonds is 3. The largest absolute Gasteiger partial charge is 0.508 e. The summed E-state index contributed by atoms with van der Waals surface area (Å²) in [6.07, 6.45) is 1.50. The van der Waals surface area contributed by atoms with Gasteiger partial charge in [0.25, 0.3) is 0 Å². The molecule has 15 heavy (non-hydrogen) atoms. The van der Waals surface area contributed by atoms with Crippen LogP contribution in [0.2, 0.25) is 0 Å². The van der Waals surface area contributed by atoms with E-state index >= 15 is 0 Å². The average molecular weight is 208 g/mol. The highest BCUT2D eigenvalue weighted by Gasteiger charge is 2.08. The monoisotopic (exact) mass is 208 g/mol. The van der Waals surface area contributed by atoms with E-state index < -0.39 is 17.5 Å². The van der Waals surface area contributed by atoms with Crippen molar-refractivity contribution in [2.75, 3.05) is 0 Å². The lowest BCUT2D eigenvalue weighted by Crippen LogP contribution is -1.96. The van der Waals surface area contributed by atoms with E-state index in [1.807, 2.05) is 0 Å². The van der Waals surface area contributed by atoms with E-state index in [0.29, 0.717) is 6.08 Å². The molecule has 0 aliphatic carbocycles. The molecule has 0 aromatic heterocycles. The fraction of sp³-hybridized carbons (Fsp3) is 0. The Morgan fingerprint density at radius 2 is 1.80 bits per heavy atom. The lowest BCUT2D eigenvalue weighted by Gasteiger charge is -2.00. The molecular formula is C10H8O5. The topological polar surface area (TPSA) is 94.8 Å². The van der Waals surface area contributed by atoms with Gasteiger partial charge in [-0.25, -0.2) is 4.79 Å². The Hall–Kier alpha value is -2.30. The number of benzene rings is 1. The molecule has 1 aromatic rings. The quantitative estimate of drug-likeness (QED) is 0.507. The van der Waals surface area contributed by atoms with Gasteiger partial charge < -0.3 is 15.3 Å². The lowest BCUT2D eigenvalue weighted by atomic mass is 10.1. The second kappa shape index (κ2) is 4.28. The van der Waals surface area contributed by atoms with Crippen molar-refractivity contribution >= 4 is 11.8 Å². The highest BCUT2D eigenvalue weighted by Crippen LogP contribution is 2.22. The highest BCUT2D eigenvalue weighted by atomic mass is 16.4. The van der Waals surface area contributed by atoms with Crippen molar-refractivity contribution in [1.29, 1.82) is 0 Å². The first kappa shape index (κ1) is 10.8. The van der Waals surface area contributed by atoms with E-state index in [-0.39, 0.29) is 11.3 Å². The van der Waals surface area contributed by atoms with Gasteiger partial charge in [-0.3, -0.25) is 4.79 Å². The van der Waals surface area contributed by atoms with Gasteiger partial charge in [0.2, 0.25) is 0 Å². The van der Waals surface area contributed by atoms with Gasteiger partial charge in [0.1, 0.15) is 11.5 Å². The predicted octanol–water partition coefficient (Wildman–Crippen LogP) is 0.921. The lowest BCUT2D eigenvalue weighted by molar-refractivity contribution is -0.131. The molecule has 1 rings (SSSR count). The highest BCUT2D eigenvalue weighted by molar-refractivity contribution is 6.08. The summed E-state index contributed by atoms with van der Waals surface area (Å²) < 4.78 is 0. The Bertz CT molecular complexity index is 433. The summed E-state index contributed by atoms with van der Waals surface area (Å²) in [4.78, 5) is 21.4. The molecule has 0 heterocycles. The number of aromatic hydroxyl groups is 2. The minimum absolute atomic E-state index is 0.0645. The molecule has 1 aromatic carbocycles. The second-order valence-electron chi connectivity index (χ2n) is 2.74. The zero-order valence-corrected chi connectivity index (χ0v) is 7.54. The van der Waals surface area contributed by atoms with Gasteiger partial charge in [-0.2, -0.15) is 0 Å². The maximum Gasteiger partial charge on any atom is 0.328 e. The maximum atomic E-state index is 11.3. The number of phenolic OH excluding ortho intramolecular Hbond substituents is 2. The van der Waals surface area contributed by atoms with Gasteiger partial charge in [-0.05, 0) is 18.2 Å². The summed E-state index contributed by atoms with van der Waals surface area (Å²) in [7, 11) is 0. The molecule has 0 saturated carbocycles. The third-order valence-electron chi connectivity index (χ3n) is 1.62. The van der Waals surface area contributed by atoms with Crippen molar-refractivity contribution in [1.82, 2.24) is 0 Å². The van der Waals surface area contributed by atoms with Crippen molar-refractivity contribution in [2.24, 2.45) is 0 Å². The zero-order chi connectivity index (χ0) is 11.4.